The number of halogens is 2. The lowest BCUT2D eigenvalue weighted by Gasteiger charge is -2.13. The van der Waals surface area contributed by atoms with Crippen molar-refractivity contribution in [3.63, 3.8) is 0 Å². The smallest absolute Gasteiger partial charge is 0.0439 e. The van der Waals surface area contributed by atoms with E-state index in [-0.39, 0.29) is 6.04 Å². The number of hydrogen-bond acceptors (Lipinski definition) is 1. The van der Waals surface area contributed by atoms with E-state index in [4.69, 9.17) is 17.3 Å². The Morgan fingerprint density at radius 3 is 2.69 bits per heavy atom. The first-order valence-electron chi connectivity index (χ1n) is 4.27. The van der Waals surface area contributed by atoms with Crippen molar-refractivity contribution in [1.82, 2.24) is 0 Å². The zero-order valence-corrected chi connectivity index (χ0v) is 10.1. The van der Waals surface area contributed by atoms with Gasteiger partial charge in [0, 0.05) is 15.5 Å². The Balaban J connectivity index is 3.15. The summed E-state index contributed by atoms with van der Waals surface area (Å²) < 4.78 is 1.05. The first-order chi connectivity index (χ1) is 6.06. The lowest BCUT2D eigenvalue weighted by molar-refractivity contribution is 0.695. The monoisotopic (exact) mass is 261 g/mol. The van der Waals surface area contributed by atoms with Gasteiger partial charge < -0.3 is 5.73 Å². The fraction of sp³-hybridized carbons (Fsp3) is 0.400. The van der Waals surface area contributed by atoms with Crippen molar-refractivity contribution < 1.29 is 0 Å². The summed E-state index contributed by atoms with van der Waals surface area (Å²) in [6.07, 6.45) is 0.915. The van der Waals surface area contributed by atoms with E-state index >= 15 is 0 Å². The van der Waals surface area contributed by atoms with Crippen LogP contribution in [0.15, 0.2) is 16.6 Å². The minimum absolute atomic E-state index is 0.0625. The first kappa shape index (κ1) is 11.0. The van der Waals surface area contributed by atoms with Crippen LogP contribution in [-0.2, 0) is 0 Å². The fourth-order valence-corrected chi connectivity index (χ4v) is 2.09. The van der Waals surface area contributed by atoms with Crippen LogP contribution in [0, 0.1) is 6.92 Å². The van der Waals surface area contributed by atoms with E-state index in [1.54, 1.807) is 0 Å². The Hall–Kier alpha value is -0.0500. The van der Waals surface area contributed by atoms with Gasteiger partial charge in [-0.25, -0.2) is 0 Å². The molecule has 3 heteroatoms. The summed E-state index contributed by atoms with van der Waals surface area (Å²) in [6.45, 7) is 4.04. The Morgan fingerprint density at radius 1 is 1.54 bits per heavy atom. The van der Waals surface area contributed by atoms with Gasteiger partial charge in [-0.3, -0.25) is 0 Å². The molecule has 1 rings (SSSR count). The van der Waals surface area contributed by atoms with Crippen LogP contribution < -0.4 is 5.73 Å². The number of rotatable bonds is 2. The lowest BCUT2D eigenvalue weighted by Crippen LogP contribution is -2.09. The number of benzene rings is 1. The van der Waals surface area contributed by atoms with Gasteiger partial charge in [0.1, 0.15) is 0 Å². The molecule has 0 aliphatic carbocycles. The van der Waals surface area contributed by atoms with Gasteiger partial charge in [0.25, 0.3) is 0 Å². The van der Waals surface area contributed by atoms with Crippen LogP contribution in [0.2, 0.25) is 5.02 Å². The van der Waals surface area contributed by atoms with Crippen molar-refractivity contribution in [1.29, 1.82) is 0 Å². The van der Waals surface area contributed by atoms with E-state index in [1.165, 1.54) is 0 Å². The summed E-state index contributed by atoms with van der Waals surface area (Å²) in [7, 11) is 0. The molecule has 1 nitrogen and oxygen atoms in total. The average molecular weight is 263 g/mol. The quantitative estimate of drug-likeness (QED) is 0.861. The highest BCUT2D eigenvalue weighted by Crippen LogP contribution is 2.29. The van der Waals surface area contributed by atoms with E-state index in [1.807, 2.05) is 19.1 Å². The first-order valence-corrected chi connectivity index (χ1v) is 5.44. The summed E-state index contributed by atoms with van der Waals surface area (Å²) in [4.78, 5) is 0. The largest absolute Gasteiger partial charge is 0.324 e. The summed E-state index contributed by atoms with van der Waals surface area (Å²) in [5, 5.41) is 0.780. The topological polar surface area (TPSA) is 26.0 Å². The average Bonchev–Trinajstić information content (AvgIpc) is 2.10. The van der Waals surface area contributed by atoms with E-state index < -0.39 is 0 Å². The summed E-state index contributed by atoms with van der Waals surface area (Å²) in [6, 6.07) is 4.01. The third-order valence-corrected chi connectivity index (χ3v) is 3.21. The molecule has 13 heavy (non-hydrogen) atoms. The second-order valence-electron chi connectivity index (χ2n) is 3.14. The van der Waals surface area contributed by atoms with Crippen molar-refractivity contribution in [2.45, 2.75) is 26.3 Å². The molecule has 72 valence electrons. The minimum atomic E-state index is 0.0625. The van der Waals surface area contributed by atoms with Gasteiger partial charge in [0.2, 0.25) is 0 Å². The van der Waals surface area contributed by atoms with Crippen molar-refractivity contribution in [2.24, 2.45) is 5.73 Å². The molecule has 1 unspecified atom stereocenters. The molecule has 0 aliphatic rings. The van der Waals surface area contributed by atoms with Crippen LogP contribution in [-0.4, -0.2) is 0 Å². The third kappa shape index (κ3) is 2.46. The van der Waals surface area contributed by atoms with Crippen LogP contribution in [0.25, 0.3) is 0 Å². The predicted molar refractivity (Wildman–Crippen MR) is 61.1 cm³/mol. The summed E-state index contributed by atoms with van der Waals surface area (Å²) >= 11 is 9.49. The Bertz CT molecular complexity index is 312. The highest BCUT2D eigenvalue weighted by molar-refractivity contribution is 9.10. The van der Waals surface area contributed by atoms with Crippen LogP contribution >= 0.6 is 27.5 Å². The number of hydrogen-bond donors (Lipinski definition) is 1. The van der Waals surface area contributed by atoms with E-state index in [0.29, 0.717) is 0 Å². The zero-order chi connectivity index (χ0) is 10.0. The van der Waals surface area contributed by atoms with Gasteiger partial charge in [-0.05, 0) is 36.6 Å². The fourth-order valence-electron chi connectivity index (χ4n) is 1.17. The van der Waals surface area contributed by atoms with Gasteiger partial charge in [-0.2, -0.15) is 0 Å². The standard InChI is InChI=1S/C10H13BrClN/c1-3-10(13)7-5-9(12)6(2)4-8(7)11/h4-5,10H,3,13H2,1-2H3. The van der Waals surface area contributed by atoms with Crippen LogP contribution in [0.3, 0.4) is 0 Å². The highest BCUT2D eigenvalue weighted by atomic mass is 79.9. The SMILES string of the molecule is CCC(N)c1cc(Cl)c(C)cc1Br. The van der Waals surface area contributed by atoms with Gasteiger partial charge in [-0.15, -0.1) is 0 Å². The van der Waals surface area contributed by atoms with E-state index in [9.17, 15) is 0 Å². The molecule has 0 aliphatic heterocycles. The van der Waals surface area contributed by atoms with Gasteiger partial charge in [-0.1, -0.05) is 34.5 Å². The van der Waals surface area contributed by atoms with E-state index in [2.05, 4.69) is 22.9 Å². The van der Waals surface area contributed by atoms with Crippen LogP contribution in [0.1, 0.15) is 30.5 Å². The molecule has 0 saturated carbocycles. The minimum Gasteiger partial charge on any atom is -0.324 e. The lowest BCUT2D eigenvalue weighted by atomic mass is 10.0. The molecule has 1 aromatic carbocycles. The van der Waals surface area contributed by atoms with Gasteiger partial charge >= 0.3 is 0 Å². The number of aryl methyl sites for hydroxylation is 1. The summed E-state index contributed by atoms with van der Waals surface area (Å²) in [5.74, 6) is 0. The maximum absolute atomic E-state index is 6.01. The molecule has 0 bridgehead atoms. The second-order valence-corrected chi connectivity index (χ2v) is 4.40. The molecule has 0 fully saturated rings. The van der Waals surface area contributed by atoms with Crippen molar-refractivity contribution in [2.75, 3.05) is 0 Å². The Labute approximate surface area is 92.4 Å². The molecular weight excluding hydrogens is 249 g/mol. The molecule has 0 aromatic heterocycles. The van der Waals surface area contributed by atoms with Gasteiger partial charge in [0.15, 0.2) is 0 Å². The van der Waals surface area contributed by atoms with Crippen LogP contribution in [0.5, 0.6) is 0 Å². The molecule has 0 spiro atoms. The zero-order valence-electron chi connectivity index (χ0n) is 7.77. The molecule has 0 heterocycles. The molecule has 0 amide bonds. The predicted octanol–water partition coefficient (Wildman–Crippen LogP) is 3.82. The third-order valence-electron chi connectivity index (χ3n) is 2.12. The van der Waals surface area contributed by atoms with Crippen LogP contribution in [0.4, 0.5) is 0 Å². The molecule has 0 saturated heterocycles. The van der Waals surface area contributed by atoms with Crippen molar-refractivity contribution in [3.8, 4) is 0 Å². The maximum Gasteiger partial charge on any atom is 0.0439 e. The van der Waals surface area contributed by atoms with Crippen molar-refractivity contribution >= 4 is 27.5 Å². The van der Waals surface area contributed by atoms with Crippen molar-refractivity contribution in [3.05, 3.63) is 32.8 Å². The molecular formula is C10H13BrClN. The van der Waals surface area contributed by atoms with E-state index in [0.717, 1.165) is 27.0 Å². The summed E-state index contributed by atoms with van der Waals surface area (Å²) in [5.41, 5.74) is 8.08. The molecule has 1 atom stereocenters. The molecule has 2 N–H and O–H groups in total. The molecule has 0 radical (unpaired) electrons. The molecule has 1 aromatic rings. The Morgan fingerprint density at radius 2 is 2.15 bits per heavy atom. The normalized spacial score (nSPS) is 13.0. The number of nitrogens with two attached hydrogens (primary N) is 1. The highest BCUT2D eigenvalue weighted by Gasteiger charge is 2.09. The second kappa shape index (κ2) is 4.45. The maximum atomic E-state index is 6.01. The Kier molecular flexibility index (Phi) is 3.77. The van der Waals surface area contributed by atoms with Gasteiger partial charge in [0.05, 0.1) is 0 Å².